The minimum atomic E-state index is -4.67. The number of aryl methyl sites for hydroxylation is 1. The molecule has 0 aliphatic carbocycles. The Morgan fingerprint density at radius 2 is 1.81 bits per heavy atom. The van der Waals surface area contributed by atoms with E-state index in [1.54, 1.807) is 6.92 Å². The van der Waals surface area contributed by atoms with E-state index < -0.39 is 23.5 Å². The number of fused-ring (bicyclic) bond motifs is 1. The highest BCUT2D eigenvalue weighted by Crippen LogP contribution is 2.35. The molecule has 0 bridgehead atoms. The summed E-state index contributed by atoms with van der Waals surface area (Å²) in [4.78, 5) is 12.9. The van der Waals surface area contributed by atoms with Crippen molar-refractivity contribution in [3.05, 3.63) is 77.1 Å². The number of rotatable bonds is 4. The standard InChI is InChI=1S/C22H15F4N3O3/c1-11-8-13(23)3-6-17(11)31-18-5-2-12(22(24,25)26)9-16(18)21(30)28-14-4-7-19-15(10-14)20(27)29-32-19/h2-10H,1H3,(H2,27,29)(H,28,30). The van der Waals surface area contributed by atoms with Crippen LogP contribution in [0.25, 0.3) is 11.0 Å². The van der Waals surface area contributed by atoms with Crippen LogP contribution in [0.2, 0.25) is 0 Å². The van der Waals surface area contributed by atoms with E-state index in [2.05, 4.69) is 10.5 Å². The van der Waals surface area contributed by atoms with Crippen molar-refractivity contribution in [2.45, 2.75) is 13.1 Å². The normalized spacial score (nSPS) is 11.5. The van der Waals surface area contributed by atoms with Gasteiger partial charge in [0.05, 0.1) is 16.5 Å². The number of nitrogens with two attached hydrogens (primary N) is 1. The molecule has 3 aromatic carbocycles. The molecule has 0 spiro atoms. The molecule has 0 unspecified atom stereocenters. The molecule has 0 saturated carbocycles. The predicted octanol–water partition coefficient (Wildman–Crippen LogP) is 5.92. The predicted molar refractivity (Wildman–Crippen MR) is 109 cm³/mol. The Hall–Kier alpha value is -4.08. The second-order valence-corrected chi connectivity index (χ2v) is 6.95. The number of ether oxygens (including phenoxy) is 1. The highest BCUT2D eigenvalue weighted by Gasteiger charge is 2.32. The third kappa shape index (κ3) is 4.20. The Morgan fingerprint density at radius 1 is 1.06 bits per heavy atom. The number of carbonyl (C=O) groups excluding carboxylic acids is 1. The van der Waals surface area contributed by atoms with E-state index in [9.17, 15) is 22.4 Å². The number of nitrogen functional groups attached to an aromatic ring is 1. The Labute approximate surface area is 178 Å². The molecule has 1 heterocycles. The molecule has 0 aliphatic rings. The van der Waals surface area contributed by atoms with Gasteiger partial charge in [-0.2, -0.15) is 13.2 Å². The zero-order valence-corrected chi connectivity index (χ0v) is 16.5. The van der Waals surface area contributed by atoms with Gasteiger partial charge in [0.25, 0.3) is 5.91 Å². The first-order valence-electron chi connectivity index (χ1n) is 9.23. The number of aromatic nitrogens is 1. The van der Waals surface area contributed by atoms with Gasteiger partial charge >= 0.3 is 6.18 Å². The molecular weight excluding hydrogens is 430 g/mol. The van der Waals surface area contributed by atoms with Crippen LogP contribution in [0.1, 0.15) is 21.5 Å². The van der Waals surface area contributed by atoms with Gasteiger partial charge in [0.15, 0.2) is 11.4 Å². The Kier molecular flexibility index (Phi) is 5.21. The first kappa shape index (κ1) is 21.2. The molecule has 4 rings (SSSR count). The number of benzene rings is 3. The maximum Gasteiger partial charge on any atom is 0.416 e. The van der Waals surface area contributed by atoms with Crippen molar-refractivity contribution >= 4 is 28.4 Å². The van der Waals surface area contributed by atoms with Gasteiger partial charge in [0.2, 0.25) is 0 Å². The van der Waals surface area contributed by atoms with E-state index in [0.717, 1.165) is 18.2 Å². The van der Waals surface area contributed by atoms with Gasteiger partial charge < -0.3 is 20.3 Å². The van der Waals surface area contributed by atoms with Crippen LogP contribution in [0.15, 0.2) is 59.1 Å². The Morgan fingerprint density at radius 3 is 2.53 bits per heavy atom. The van der Waals surface area contributed by atoms with Crippen molar-refractivity contribution in [1.29, 1.82) is 0 Å². The van der Waals surface area contributed by atoms with Crippen LogP contribution in [-0.2, 0) is 6.18 Å². The second-order valence-electron chi connectivity index (χ2n) is 6.95. The van der Waals surface area contributed by atoms with E-state index >= 15 is 0 Å². The molecule has 0 atom stereocenters. The average molecular weight is 445 g/mol. The third-order valence-corrected chi connectivity index (χ3v) is 4.66. The van der Waals surface area contributed by atoms with Crippen LogP contribution in [0, 0.1) is 12.7 Å². The van der Waals surface area contributed by atoms with Gasteiger partial charge in [-0.25, -0.2) is 4.39 Å². The zero-order valence-electron chi connectivity index (χ0n) is 16.5. The summed E-state index contributed by atoms with van der Waals surface area (Å²) in [6.07, 6.45) is -4.67. The molecule has 4 aromatic rings. The molecule has 32 heavy (non-hydrogen) atoms. The van der Waals surface area contributed by atoms with Crippen LogP contribution < -0.4 is 15.8 Å². The summed E-state index contributed by atoms with van der Waals surface area (Å²) in [7, 11) is 0. The van der Waals surface area contributed by atoms with E-state index in [1.807, 2.05) is 0 Å². The van der Waals surface area contributed by atoms with Crippen LogP contribution in [0.3, 0.4) is 0 Å². The highest BCUT2D eigenvalue weighted by molar-refractivity contribution is 6.07. The van der Waals surface area contributed by atoms with Gasteiger partial charge in [-0.15, -0.1) is 0 Å². The quantitative estimate of drug-likeness (QED) is 0.381. The van der Waals surface area contributed by atoms with Crippen molar-refractivity contribution in [2.75, 3.05) is 11.1 Å². The molecule has 164 valence electrons. The van der Waals surface area contributed by atoms with Crippen LogP contribution in [0.4, 0.5) is 29.1 Å². The first-order chi connectivity index (χ1) is 15.1. The summed E-state index contributed by atoms with van der Waals surface area (Å²) in [5, 5.41) is 6.57. The number of halogens is 4. The first-order valence-corrected chi connectivity index (χ1v) is 9.23. The monoisotopic (exact) mass is 445 g/mol. The lowest BCUT2D eigenvalue weighted by molar-refractivity contribution is -0.137. The fourth-order valence-electron chi connectivity index (χ4n) is 3.05. The molecular formula is C22H15F4N3O3. The van der Waals surface area contributed by atoms with Crippen molar-refractivity contribution < 1.29 is 31.6 Å². The number of alkyl halides is 3. The molecule has 1 amide bonds. The summed E-state index contributed by atoms with van der Waals surface area (Å²) in [5.74, 6) is -1.18. The highest BCUT2D eigenvalue weighted by atomic mass is 19.4. The smallest absolute Gasteiger partial charge is 0.416 e. The van der Waals surface area contributed by atoms with Crippen molar-refractivity contribution in [2.24, 2.45) is 0 Å². The summed E-state index contributed by atoms with van der Waals surface area (Å²) >= 11 is 0. The van der Waals surface area contributed by atoms with Gasteiger partial charge in [0, 0.05) is 5.69 Å². The second kappa shape index (κ2) is 7.88. The summed E-state index contributed by atoms with van der Waals surface area (Å²) in [6, 6.07) is 10.7. The molecule has 6 nitrogen and oxygen atoms in total. The lowest BCUT2D eigenvalue weighted by Gasteiger charge is -2.15. The third-order valence-electron chi connectivity index (χ3n) is 4.66. The van der Waals surface area contributed by atoms with Crippen LogP contribution in [0.5, 0.6) is 11.5 Å². The molecule has 0 radical (unpaired) electrons. The average Bonchev–Trinajstić information content (AvgIpc) is 3.10. The maximum atomic E-state index is 13.4. The number of anilines is 2. The van der Waals surface area contributed by atoms with E-state index in [4.69, 9.17) is 15.0 Å². The molecule has 1 aromatic heterocycles. The maximum absolute atomic E-state index is 13.4. The van der Waals surface area contributed by atoms with Crippen LogP contribution >= 0.6 is 0 Å². The minimum absolute atomic E-state index is 0.103. The topological polar surface area (TPSA) is 90.4 Å². The minimum Gasteiger partial charge on any atom is -0.456 e. The number of carbonyl (C=O) groups is 1. The lowest BCUT2D eigenvalue weighted by Crippen LogP contribution is -2.15. The fourth-order valence-corrected chi connectivity index (χ4v) is 3.05. The number of nitrogens with zero attached hydrogens (tertiary/aromatic N) is 1. The Balaban J connectivity index is 1.71. The fraction of sp³-hybridized carbons (Fsp3) is 0.0909. The van der Waals surface area contributed by atoms with E-state index in [-0.39, 0.29) is 28.6 Å². The van der Waals surface area contributed by atoms with E-state index in [1.165, 1.54) is 30.3 Å². The van der Waals surface area contributed by atoms with Crippen molar-refractivity contribution in [3.63, 3.8) is 0 Å². The molecule has 3 N–H and O–H groups in total. The number of hydrogen-bond acceptors (Lipinski definition) is 5. The largest absolute Gasteiger partial charge is 0.456 e. The Bertz CT molecular complexity index is 1330. The summed E-state index contributed by atoms with van der Waals surface area (Å²) < 4.78 is 63.8. The number of amides is 1. The van der Waals surface area contributed by atoms with Crippen molar-refractivity contribution in [3.8, 4) is 11.5 Å². The number of nitrogens with one attached hydrogen (secondary N) is 1. The molecule has 0 aliphatic heterocycles. The van der Waals surface area contributed by atoms with Gasteiger partial charge in [-0.05, 0) is 67.1 Å². The van der Waals surface area contributed by atoms with Gasteiger partial charge in [-0.1, -0.05) is 5.16 Å². The summed E-state index contributed by atoms with van der Waals surface area (Å²) in [6.45, 7) is 1.57. The van der Waals surface area contributed by atoms with E-state index in [0.29, 0.717) is 22.6 Å². The van der Waals surface area contributed by atoms with Crippen molar-refractivity contribution in [1.82, 2.24) is 5.16 Å². The van der Waals surface area contributed by atoms with Crippen LogP contribution in [-0.4, -0.2) is 11.1 Å². The van der Waals surface area contributed by atoms with Gasteiger partial charge in [0.1, 0.15) is 17.3 Å². The number of hydrogen-bond donors (Lipinski definition) is 2. The SMILES string of the molecule is Cc1cc(F)ccc1Oc1ccc(C(F)(F)F)cc1C(=O)Nc1ccc2onc(N)c2c1. The molecule has 0 saturated heterocycles. The summed E-state index contributed by atoms with van der Waals surface area (Å²) in [5.41, 5.74) is 5.37. The molecule has 0 fully saturated rings. The molecule has 10 heteroatoms. The zero-order chi connectivity index (χ0) is 23.0. The lowest BCUT2D eigenvalue weighted by atomic mass is 10.1. The van der Waals surface area contributed by atoms with Gasteiger partial charge in [-0.3, -0.25) is 4.79 Å².